The molecule has 0 aliphatic heterocycles. The van der Waals surface area contributed by atoms with Crippen LogP contribution in [0.4, 0.5) is 0 Å². The molecule has 1 N–H and O–H groups in total. The molecule has 0 aromatic rings. The maximum atomic E-state index is 3.66. The maximum absolute atomic E-state index is 3.66. The fraction of sp³-hybridized carbons (Fsp3) is 1.00. The quantitative estimate of drug-likeness (QED) is 0.634. The van der Waals surface area contributed by atoms with Crippen LogP contribution in [0.3, 0.4) is 0 Å². The van der Waals surface area contributed by atoms with E-state index in [4.69, 9.17) is 0 Å². The zero-order chi connectivity index (χ0) is 12.0. The van der Waals surface area contributed by atoms with E-state index in [1.54, 1.807) is 0 Å². The van der Waals surface area contributed by atoms with Gasteiger partial charge in [-0.1, -0.05) is 39.0 Å². The van der Waals surface area contributed by atoms with Crippen LogP contribution in [-0.4, -0.2) is 12.1 Å². The summed E-state index contributed by atoms with van der Waals surface area (Å²) in [6, 6.07) is 0. The average molecular weight is 225 g/mol. The van der Waals surface area contributed by atoms with Gasteiger partial charge in [-0.3, -0.25) is 0 Å². The van der Waals surface area contributed by atoms with Crippen molar-refractivity contribution in [2.75, 3.05) is 6.54 Å². The first-order valence-corrected chi connectivity index (χ1v) is 7.28. The Hall–Kier alpha value is -0.0400. The van der Waals surface area contributed by atoms with Gasteiger partial charge in [-0.2, -0.15) is 0 Å². The van der Waals surface area contributed by atoms with Crippen molar-refractivity contribution in [3.05, 3.63) is 0 Å². The lowest BCUT2D eigenvalue weighted by Crippen LogP contribution is -2.43. The van der Waals surface area contributed by atoms with E-state index in [1.165, 1.54) is 51.5 Å². The maximum Gasteiger partial charge on any atom is 0.00966 e. The van der Waals surface area contributed by atoms with Gasteiger partial charge in [0.2, 0.25) is 0 Å². The zero-order valence-electron chi connectivity index (χ0n) is 11.8. The van der Waals surface area contributed by atoms with Crippen LogP contribution < -0.4 is 5.32 Å². The highest BCUT2D eigenvalue weighted by molar-refractivity contribution is 4.84. The molecule has 1 aliphatic carbocycles. The number of rotatable bonds is 7. The lowest BCUT2D eigenvalue weighted by Gasteiger charge is -2.39. The third kappa shape index (κ3) is 5.34. The molecule has 0 amide bonds. The van der Waals surface area contributed by atoms with Gasteiger partial charge in [-0.15, -0.1) is 0 Å². The molecular weight excluding hydrogens is 194 g/mol. The molecule has 1 heteroatoms. The predicted molar refractivity (Wildman–Crippen MR) is 72.7 cm³/mol. The van der Waals surface area contributed by atoms with Gasteiger partial charge in [0.05, 0.1) is 0 Å². The van der Waals surface area contributed by atoms with Gasteiger partial charge in [0.1, 0.15) is 0 Å². The Morgan fingerprint density at radius 1 is 1.00 bits per heavy atom. The van der Waals surface area contributed by atoms with Crippen LogP contribution in [0.2, 0.25) is 0 Å². The van der Waals surface area contributed by atoms with Gasteiger partial charge < -0.3 is 5.32 Å². The van der Waals surface area contributed by atoms with E-state index < -0.39 is 0 Å². The zero-order valence-corrected chi connectivity index (χ0v) is 11.8. The Labute approximate surface area is 102 Å². The summed E-state index contributed by atoms with van der Waals surface area (Å²) < 4.78 is 0. The average Bonchev–Trinajstić information content (AvgIpc) is 2.14. The van der Waals surface area contributed by atoms with Crippen LogP contribution in [0.1, 0.15) is 72.6 Å². The molecule has 96 valence electrons. The second-order valence-electron chi connectivity index (χ2n) is 6.58. The van der Waals surface area contributed by atoms with Crippen molar-refractivity contribution in [3.8, 4) is 0 Å². The largest absolute Gasteiger partial charge is 0.312 e. The first-order chi connectivity index (χ1) is 7.53. The molecule has 2 atom stereocenters. The fourth-order valence-corrected chi connectivity index (χ4v) is 2.56. The normalized spacial score (nSPS) is 25.5. The number of nitrogens with one attached hydrogen (secondary N) is 1. The van der Waals surface area contributed by atoms with E-state index >= 15 is 0 Å². The Morgan fingerprint density at radius 2 is 1.69 bits per heavy atom. The summed E-state index contributed by atoms with van der Waals surface area (Å²) in [5.41, 5.74) is 0.294. The van der Waals surface area contributed by atoms with Crippen LogP contribution in [0, 0.1) is 11.8 Å². The Kier molecular flexibility index (Phi) is 5.82. The van der Waals surface area contributed by atoms with Gasteiger partial charge in [0, 0.05) is 5.54 Å². The van der Waals surface area contributed by atoms with E-state index in [0.29, 0.717) is 5.54 Å². The smallest absolute Gasteiger partial charge is 0.00966 e. The molecule has 0 heterocycles. The van der Waals surface area contributed by atoms with Crippen molar-refractivity contribution in [2.45, 2.75) is 78.2 Å². The summed E-state index contributed by atoms with van der Waals surface area (Å²) >= 11 is 0. The highest BCUT2D eigenvalue weighted by Gasteiger charge is 2.30. The van der Waals surface area contributed by atoms with Crippen LogP contribution in [-0.2, 0) is 0 Å². The van der Waals surface area contributed by atoms with E-state index in [-0.39, 0.29) is 0 Å². The minimum atomic E-state index is 0.294. The predicted octanol–water partition coefficient (Wildman–Crippen LogP) is 4.37. The summed E-state index contributed by atoms with van der Waals surface area (Å²) in [7, 11) is 0. The molecule has 0 aromatic heterocycles. The molecular formula is C15H31N. The van der Waals surface area contributed by atoms with Crippen molar-refractivity contribution in [1.82, 2.24) is 5.32 Å². The first kappa shape index (κ1) is 14.0. The Balaban J connectivity index is 2.06. The standard InChI is InChI=1S/C15H31N/c1-5-6-7-8-9-13-10-11-14(13)12-16-15(2,3)4/h13-14,16H,5-12H2,1-4H3. The van der Waals surface area contributed by atoms with Crippen LogP contribution in [0.5, 0.6) is 0 Å². The highest BCUT2D eigenvalue weighted by atomic mass is 14.9. The first-order valence-electron chi connectivity index (χ1n) is 7.28. The Bertz CT molecular complexity index is 180. The SMILES string of the molecule is CCCCCCC1CCC1CNC(C)(C)C. The van der Waals surface area contributed by atoms with E-state index in [9.17, 15) is 0 Å². The van der Waals surface area contributed by atoms with E-state index in [2.05, 4.69) is 33.0 Å². The van der Waals surface area contributed by atoms with Crippen molar-refractivity contribution in [1.29, 1.82) is 0 Å². The van der Waals surface area contributed by atoms with Gasteiger partial charge >= 0.3 is 0 Å². The van der Waals surface area contributed by atoms with Crippen molar-refractivity contribution < 1.29 is 0 Å². The summed E-state index contributed by atoms with van der Waals surface area (Å²) in [5, 5.41) is 3.66. The summed E-state index contributed by atoms with van der Waals surface area (Å²) in [6.07, 6.45) is 10.1. The summed E-state index contributed by atoms with van der Waals surface area (Å²) in [6.45, 7) is 10.3. The molecule has 1 aliphatic rings. The van der Waals surface area contributed by atoms with E-state index in [1.807, 2.05) is 0 Å². The van der Waals surface area contributed by atoms with Crippen LogP contribution in [0.25, 0.3) is 0 Å². The molecule has 0 spiro atoms. The van der Waals surface area contributed by atoms with E-state index in [0.717, 1.165) is 11.8 Å². The van der Waals surface area contributed by atoms with Crippen LogP contribution >= 0.6 is 0 Å². The molecule has 0 radical (unpaired) electrons. The molecule has 0 saturated heterocycles. The third-order valence-corrected chi connectivity index (χ3v) is 3.90. The molecule has 1 fully saturated rings. The molecule has 2 unspecified atom stereocenters. The third-order valence-electron chi connectivity index (χ3n) is 3.90. The van der Waals surface area contributed by atoms with Crippen LogP contribution in [0.15, 0.2) is 0 Å². The number of hydrogen-bond acceptors (Lipinski definition) is 1. The van der Waals surface area contributed by atoms with Crippen molar-refractivity contribution in [3.63, 3.8) is 0 Å². The van der Waals surface area contributed by atoms with Gasteiger partial charge in [0.25, 0.3) is 0 Å². The lowest BCUT2D eigenvalue weighted by atomic mass is 9.71. The minimum Gasteiger partial charge on any atom is -0.312 e. The topological polar surface area (TPSA) is 12.0 Å². The second kappa shape index (κ2) is 6.64. The monoisotopic (exact) mass is 225 g/mol. The summed E-state index contributed by atoms with van der Waals surface area (Å²) in [4.78, 5) is 0. The molecule has 1 saturated carbocycles. The van der Waals surface area contributed by atoms with Gasteiger partial charge in [0.15, 0.2) is 0 Å². The second-order valence-corrected chi connectivity index (χ2v) is 6.58. The number of hydrogen-bond donors (Lipinski definition) is 1. The molecule has 1 nitrogen and oxygen atoms in total. The van der Waals surface area contributed by atoms with Gasteiger partial charge in [-0.05, 0) is 52.0 Å². The molecule has 1 rings (SSSR count). The highest BCUT2D eigenvalue weighted by Crippen LogP contribution is 2.37. The molecule has 0 bridgehead atoms. The molecule has 16 heavy (non-hydrogen) atoms. The van der Waals surface area contributed by atoms with Crippen molar-refractivity contribution in [2.24, 2.45) is 11.8 Å². The number of unbranched alkanes of at least 4 members (excludes halogenated alkanes) is 3. The Morgan fingerprint density at radius 3 is 2.19 bits per heavy atom. The van der Waals surface area contributed by atoms with Crippen molar-refractivity contribution >= 4 is 0 Å². The minimum absolute atomic E-state index is 0.294. The summed E-state index contributed by atoms with van der Waals surface area (Å²) in [5.74, 6) is 2.01. The lowest BCUT2D eigenvalue weighted by molar-refractivity contribution is 0.146. The molecule has 0 aromatic carbocycles. The fourth-order valence-electron chi connectivity index (χ4n) is 2.56. The van der Waals surface area contributed by atoms with Gasteiger partial charge in [-0.25, -0.2) is 0 Å².